The Hall–Kier alpha value is -2.20. The van der Waals surface area contributed by atoms with Gasteiger partial charge < -0.3 is 15.4 Å². The van der Waals surface area contributed by atoms with Crippen LogP contribution in [0.5, 0.6) is 5.75 Å². The van der Waals surface area contributed by atoms with Crippen molar-refractivity contribution in [1.82, 2.24) is 10.6 Å². The molecule has 23 heavy (non-hydrogen) atoms. The molecule has 1 atom stereocenters. The van der Waals surface area contributed by atoms with Crippen LogP contribution in [0.25, 0.3) is 0 Å². The van der Waals surface area contributed by atoms with Crippen molar-refractivity contribution in [3.05, 3.63) is 64.7 Å². The van der Waals surface area contributed by atoms with E-state index >= 15 is 0 Å². The van der Waals surface area contributed by atoms with Gasteiger partial charge in [-0.15, -0.1) is 0 Å². The Morgan fingerprint density at radius 2 is 1.87 bits per heavy atom. The van der Waals surface area contributed by atoms with Crippen molar-refractivity contribution in [3.8, 4) is 5.75 Å². The lowest BCUT2D eigenvalue weighted by Crippen LogP contribution is -2.38. The lowest BCUT2D eigenvalue weighted by Gasteiger charge is -2.15. The van der Waals surface area contributed by atoms with Gasteiger partial charge in [-0.3, -0.25) is 0 Å². The van der Waals surface area contributed by atoms with Crippen molar-refractivity contribution in [2.45, 2.75) is 19.4 Å². The summed E-state index contributed by atoms with van der Waals surface area (Å²) in [5.74, 6) is 0.796. The molecule has 0 spiro atoms. The fourth-order valence-electron chi connectivity index (χ4n) is 2.24. The Morgan fingerprint density at radius 3 is 2.52 bits per heavy atom. The minimum atomic E-state index is -0.194. The van der Waals surface area contributed by atoms with Crippen LogP contribution in [-0.4, -0.2) is 19.7 Å². The zero-order valence-electron chi connectivity index (χ0n) is 13.3. The summed E-state index contributed by atoms with van der Waals surface area (Å²) in [6.07, 6.45) is 0.698. The van der Waals surface area contributed by atoms with E-state index in [1.54, 1.807) is 7.11 Å². The molecule has 0 aromatic heterocycles. The van der Waals surface area contributed by atoms with Crippen LogP contribution in [0.2, 0.25) is 5.02 Å². The Morgan fingerprint density at radius 1 is 1.17 bits per heavy atom. The number of rotatable bonds is 6. The smallest absolute Gasteiger partial charge is 0.315 e. The number of benzene rings is 2. The van der Waals surface area contributed by atoms with Gasteiger partial charge in [-0.1, -0.05) is 41.9 Å². The standard InChI is InChI=1S/C18H21ClN2O2/c1-13(14-7-9-16(23-2)10-8-14)21-18(22)20-12-11-15-5-3-4-6-17(15)19/h3-10,13H,11-12H2,1-2H3,(H2,20,21,22). The summed E-state index contributed by atoms with van der Waals surface area (Å²) < 4.78 is 5.12. The summed E-state index contributed by atoms with van der Waals surface area (Å²) in [7, 11) is 1.63. The molecule has 0 heterocycles. The van der Waals surface area contributed by atoms with Crippen LogP contribution in [0.4, 0.5) is 4.79 Å². The number of hydrogen-bond acceptors (Lipinski definition) is 2. The van der Waals surface area contributed by atoms with E-state index < -0.39 is 0 Å². The molecule has 0 aliphatic heterocycles. The van der Waals surface area contributed by atoms with Gasteiger partial charge in [0.1, 0.15) is 5.75 Å². The van der Waals surface area contributed by atoms with E-state index in [2.05, 4.69) is 10.6 Å². The summed E-state index contributed by atoms with van der Waals surface area (Å²) in [4.78, 5) is 11.9. The second-order valence-corrected chi connectivity index (χ2v) is 5.64. The fourth-order valence-corrected chi connectivity index (χ4v) is 2.47. The first-order chi connectivity index (χ1) is 11.1. The third-order valence-corrected chi connectivity index (χ3v) is 3.97. The molecule has 0 aliphatic carbocycles. The molecule has 2 aromatic rings. The highest BCUT2D eigenvalue weighted by atomic mass is 35.5. The van der Waals surface area contributed by atoms with Crippen LogP contribution < -0.4 is 15.4 Å². The molecule has 0 bridgehead atoms. The molecule has 122 valence electrons. The molecule has 0 radical (unpaired) electrons. The highest BCUT2D eigenvalue weighted by Crippen LogP contribution is 2.17. The largest absolute Gasteiger partial charge is 0.497 e. The number of halogens is 1. The molecule has 5 heteroatoms. The number of urea groups is 1. The van der Waals surface area contributed by atoms with E-state index in [9.17, 15) is 4.79 Å². The van der Waals surface area contributed by atoms with Crippen LogP contribution in [0.1, 0.15) is 24.1 Å². The summed E-state index contributed by atoms with van der Waals surface area (Å²) >= 11 is 6.09. The van der Waals surface area contributed by atoms with Crippen molar-refractivity contribution in [3.63, 3.8) is 0 Å². The molecule has 2 aromatic carbocycles. The normalized spacial score (nSPS) is 11.6. The van der Waals surface area contributed by atoms with E-state index in [-0.39, 0.29) is 12.1 Å². The molecule has 2 N–H and O–H groups in total. The molecular formula is C18H21ClN2O2. The molecule has 0 saturated heterocycles. The Labute approximate surface area is 141 Å². The minimum Gasteiger partial charge on any atom is -0.497 e. The van der Waals surface area contributed by atoms with Crippen LogP contribution in [0.3, 0.4) is 0 Å². The van der Waals surface area contributed by atoms with Gasteiger partial charge in [0, 0.05) is 11.6 Å². The van der Waals surface area contributed by atoms with Gasteiger partial charge in [-0.2, -0.15) is 0 Å². The number of methoxy groups -OCH3 is 1. The average Bonchev–Trinajstić information content (AvgIpc) is 2.56. The number of nitrogens with one attached hydrogen (secondary N) is 2. The van der Waals surface area contributed by atoms with Gasteiger partial charge in [-0.05, 0) is 42.7 Å². The minimum absolute atomic E-state index is 0.0822. The van der Waals surface area contributed by atoms with Gasteiger partial charge in [0.25, 0.3) is 0 Å². The maximum Gasteiger partial charge on any atom is 0.315 e. The summed E-state index contributed by atoms with van der Waals surface area (Å²) in [5, 5.41) is 6.48. The monoisotopic (exact) mass is 332 g/mol. The molecule has 0 aliphatic rings. The van der Waals surface area contributed by atoms with Gasteiger partial charge in [0.15, 0.2) is 0 Å². The Bertz CT molecular complexity index is 644. The number of carbonyl (C=O) groups is 1. The number of hydrogen-bond donors (Lipinski definition) is 2. The highest BCUT2D eigenvalue weighted by Gasteiger charge is 2.09. The second-order valence-electron chi connectivity index (χ2n) is 5.24. The predicted octanol–water partition coefficient (Wildman–Crippen LogP) is 3.95. The van der Waals surface area contributed by atoms with Crippen molar-refractivity contribution < 1.29 is 9.53 Å². The van der Waals surface area contributed by atoms with Crippen molar-refractivity contribution in [1.29, 1.82) is 0 Å². The number of carbonyl (C=O) groups excluding carboxylic acids is 1. The first-order valence-electron chi connectivity index (χ1n) is 7.52. The SMILES string of the molecule is COc1ccc(C(C)NC(=O)NCCc2ccccc2Cl)cc1. The van der Waals surface area contributed by atoms with E-state index in [0.29, 0.717) is 13.0 Å². The predicted molar refractivity (Wildman–Crippen MR) is 93.1 cm³/mol. The van der Waals surface area contributed by atoms with E-state index in [4.69, 9.17) is 16.3 Å². The molecule has 4 nitrogen and oxygen atoms in total. The van der Waals surface area contributed by atoms with Crippen molar-refractivity contribution >= 4 is 17.6 Å². The molecular weight excluding hydrogens is 312 g/mol. The topological polar surface area (TPSA) is 50.4 Å². The summed E-state index contributed by atoms with van der Waals surface area (Å²) in [6, 6.07) is 15.0. The van der Waals surface area contributed by atoms with Crippen molar-refractivity contribution in [2.24, 2.45) is 0 Å². The fraction of sp³-hybridized carbons (Fsp3) is 0.278. The summed E-state index contributed by atoms with van der Waals surface area (Å²) in [6.45, 7) is 2.47. The van der Waals surface area contributed by atoms with E-state index in [0.717, 1.165) is 21.9 Å². The van der Waals surface area contributed by atoms with Gasteiger partial charge >= 0.3 is 6.03 Å². The van der Waals surface area contributed by atoms with Crippen LogP contribution >= 0.6 is 11.6 Å². The quantitative estimate of drug-likeness (QED) is 0.841. The maximum atomic E-state index is 11.9. The zero-order valence-corrected chi connectivity index (χ0v) is 14.1. The lowest BCUT2D eigenvalue weighted by molar-refractivity contribution is 0.238. The molecule has 0 fully saturated rings. The number of ether oxygens (including phenoxy) is 1. The van der Waals surface area contributed by atoms with Crippen molar-refractivity contribution in [2.75, 3.05) is 13.7 Å². The molecule has 1 unspecified atom stereocenters. The molecule has 0 saturated carbocycles. The second kappa shape index (κ2) is 8.44. The first kappa shape index (κ1) is 17.2. The Balaban J connectivity index is 1.78. The molecule has 2 rings (SSSR count). The highest BCUT2D eigenvalue weighted by molar-refractivity contribution is 6.31. The lowest BCUT2D eigenvalue weighted by atomic mass is 10.1. The van der Waals surface area contributed by atoms with E-state index in [1.807, 2.05) is 55.5 Å². The number of amides is 2. The third kappa shape index (κ3) is 5.18. The Kier molecular flexibility index (Phi) is 6.29. The van der Waals surface area contributed by atoms with Gasteiger partial charge in [0.05, 0.1) is 13.2 Å². The van der Waals surface area contributed by atoms with Crippen LogP contribution in [0, 0.1) is 0 Å². The van der Waals surface area contributed by atoms with Gasteiger partial charge in [-0.25, -0.2) is 4.79 Å². The van der Waals surface area contributed by atoms with Crippen LogP contribution in [0.15, 0.2) is 48.5 Å². The maximum absolute atomic E-state index is 11.9. The zero-order chi connectivity index (χ0) is 16.7. The van der Waals surface area contributed by atoms with E-state index in [1.165, 1.54) is 0 Å². The average molecular weight is 333 g/mol. The summed E-state index contributed by atoms with van der Waals surface area (Å²) in [5.41, 5.74) is 2.05. The molecule has 2 amide bonds. The first-order valence-corrected chi connectivity index (χ1v) is 7.89. The third-order valence-electron chi connectivity index (χ3n) is 3.60. The van der Waals surface area contributed by atoms with Crippen LogP contribution in [-0.2, 0) is 6.42 Å². The van der Waals surface area contributed by atoms with Gasteiger partial charge in [0.2, 0.25) is 0 Å².